The molecule has 0 radical (unpaired) electrons. The molecule has 0 aliphatic heterocycles. The van der Waals surface area contributed by atoms with E-state index in [0.717, 1.165) is 0 Å². The van der Waals surface area contributed by atoms with E-state index in [-0.39, 0.29) is 4.90 Å². The second-order valence-corrected chi connectivity index (χ2v) is 9.07. The molecule has 0 fully saturated rings. The van der Waals surface area contributed by atoms with Gasteiger partial charge in [-0.1, -0.05) is 53.4 Å². The summed E-state index contributed by atoms with van der Waals surface area (Å²) in [6, 6.07) is 5.55. The third kappa shape index (κ3) is 13.0. The number of quaternary nitrogens is 1. The zero-order valence-electron chi connectivity index (χ0n) is 20.5. The highest BCUT2D eigenvalue weighted by Crippen LogP contribution is 2.16. The Labute approximate surface area is 193 Å². The molecule has 31 heavy (non-hydrogen) atoms. The van der Waals surface area contributed by atoms with Crippen LogP contribution in [0, 0.1) is 0 Å². The molecule has 1 rings (SSSR count). The minimum Gasteiger partial charge on any atom is -0.768 e. The summed E-state index contributed by atoms with van der Waals surface area (Å²) in [5, 5.41) is 0. The molecule has 6 heteroatoms. The minimum atomic E-state index is -2.26. The van der Waals surface area contributed by atoms with Crippen LogP contribution in [0.25, 0.3) is 0 Å². The van der Waals surface area contributed by atoms with Gasteiger partial charge < -0.3 is 13.8 Å². The number of rotatable bonds is 15. The molecule has 1 aromatic rings. The molecule has 0 amide bonds. The quantitative estimate of drug-likeness (QED) is 0.182. The number of hydrogen-bond acceptors (Lipinski definition) is 4. The maximum Gasteiger partial charge on any atom is 0.338 e. The van der Waals surface area contributed by atoms with Gasteiger partial charge in [0.15, 0.2) is 0 Å². The molecule has 0 spiro atoms. The fourth-order valence-corrected chi connectivity index (χ4v) is 3.92. The first kappa shape index (κ1) is 29.8. The molecule has 1 unspecified atom stereocenters. The first-order valence-corrected chi connectivity index (χ1v) is 13.2. The predicted octanol–water partition coefficient (Wildman–Crippen LogP) is 6.10. The zero-order valence-corrected chi connectivity index (χ0v) is 21.3. The average molecular weight is 456 g/mol. The Morgan fingerprint density at radius 1 is 0.806 bits per heavy atom. The number of carbonyl (C=O) groups is 1. The molecule has 1 aromatic carbocycles. The third-order valence-corrected chi connectivity index (χ3v) is 6.16. The van der Waals surface area contributed by atoms with Gasteiger partial charge in [-0.3, -0.25) is 4.21 Å². The summed E-state index contributed by atoms with van der Waals surface area (Å²) >= 11 is -2.26. The van der Waals surface area contributed by atoms with E-state index >= 15 is 0 Å². The maximum atomic E-state index is 11.1. The molecule has 0 saturated carbocycles. The fourth-order valence-electron chi connectivity index (χ4n) is 3.56. The Balaban J connectivity index is 0.000000590. The average Bonchev–Trinajstić information content (AvgIpc) is 2.78. The lowest BCUT2D eigenvalue weighted by atomic mass is 10.1. The second-order valence-electron chi connectivity index (χ2n) is 8.13. The van der Waals surface area contributed by atoms with Gasteiger partial charge in [0.25, 0.3) is 0 Å². The number of carbonyl (C=O) groups excluding carboxylic acids is 1. The second kappa shape index (κ2) is 18.3. The van der Waals surface area contributed by atoms with E-state index in [0.29, 0.717) is 12.2 Å². The van der Waals surface area contributed by atoms with Gasteiger partial charge in [-0.15, -0.1) is 0 Å². The molecule has 0 aliphatic carbocycles. The fraction of sp³-hybridized carbons (Fsp3) is 0.720. The molecule has 0 N–H and O–H groups in total. The Morgan fingerprint density at radius 2 is 1.19 bits per heavy atom. The van der Waals surface area contributed by atoms with E-state index < -0.39 is 17.0 Å². The number of hydrogen-bond donors (Lipinski definition) is 0. The molecule has 0 bridgehead atoms. The van der Waals surface area contributed by atoms with Crippen molar-refractivity contribution in [1.29, 1.82) is 0 Å². The summed E-state index contributed by atoms with van der Waals surface area (Å²) in [7, 11) is 0. The lowest BCUT2D eigenvalue weighted by molar-refractivity contribution is -0.929. The Bertz CT molecular complexity index is 567. The largest absolute Gasteiger partial charge is 0.768 e. The summed E-state index contributed by atoms with van der Waals surface area (Å²) in [6.45, 7) is 17.0. The highest BCUT2D eigenvalue weighted by molar-refractivity contribution is 7.79. The van der Waals surface area contributed by atoms with Crippen LogP contribution in [0.15, 0.2) is 29.2 Å². The van der Waals surface area contributed by atoms with Gasteiger partial charge in [0.1, 0.15) is 0 Å². The van der Waals surface area contributed by atoms with Gasteiger partial charge in [0.2, 0.25) is 0 Å². The zero-order chi connectivity index (χ0) is 23.5. The van der Waals surface area contributed by atoms with Crippen molar-refractivity contribution in [3.05, 3.63) is 29.8 Å². The smallest absolute Gasteiger partial charge is 0.338 e. The van der Waals surface area contributed by atoms with Gasteiger partial charge in [-0.05, 0) is 68.0 Å². The standard InChI is InChI=1S/C16H36N.C9H10O4S/c1-5-9-13-17(14-10-6-2,15-11-7-3)16-12-8-4;1-2-13-9(10)7-3-5-8(6-4-7)14(11)12/h5-16H2,1-4H3;3-6H,2H2,1H3,(H,11,12)/q+1;/p-1. The van der Waals surface area contributed by atoms with Crippen molar-refractivity contribution in [2.75, 3.05) is 32.8 Å². The molecule has 0 aliphatic rings. The molecule has 0 saturated heterocycles. The predicted molar refractivity (Wildman–Crippen MR) is 129 cm³/mol. The molecule has 1 atom stereocenters. The van der Waals surface area contributed by atoms with Crippen LogP contribution in [-0.2, 0) is 15.8 Å². The maximum absolute atomic E-state index is 11.1. The van der Waals surface area contributed by atoms with Crippen molar-refractivity contribution in [3.8, 4) is 0 Å². The number of ether oxygens (including phenoxy) is 1. The highest BCUT2D eigenvalue weighted by atomic mass is 32.2. The summed E-state index contributed by atoms with van der Waals surface area (Å²) in [5.41, 5.74) is 0.348. The first-order valence-electron chi connectivity index (χ1n) is 12.1. The topological polar surface area (TPSA) is 66.4 Å². The van der Waals surface area contributed by atoms with E-state index in [2.05, 4.69) is 27.7 Å². The van der Waals surface area contributed by atoms with E-state index in [1.807, 2.05) is 0 Å². The van der Waals surface area contributed by atoms with Crippen LogP contribution >= 0.6 is 0 Å². The summed E-state index contributed by atoms with van der Waals surface area (Å²) in [5.74, 6) is -0.448. The number of esters is 1. The van der Waals surface area contributed by atoms with Crippen molar-refractivity contribution < 1.29 is 22.8 Å². The van der Waals surface area contributed by atoms with Gasteiger partial charge in [0.05, 0.1) is 38.3 Å². The Hall–Kier alpha value is -1.24. The number of benzene rings is 1. The van der Waals surface area contributed by atoms with Crippen LogP contribution in [0.4, 0.5) is 0 Å². The van der Waals surface area contributed by atoms with Crippen molar-refractivity contribution in [3.63, 3.8) is 0 Å². The van der Waals surface area contributed by atoms with E-state index in [1.165, 1.54) is 106 Å². The van der Waals surface area contributed by atoms with E-state index in [9.17, 15) is 13.6 Å². The molecular weight excluding hydrogens is 410 g/mol. The van der Waals surface area contributed by atoms with Gasteiger partial charge in [0, 0.05) is 4.90 Å². The molecular formula is C25H45NO4S. The molecule has 180 valence electrons. The van der Waals surface area contributed by atoms with Crippen LogP contribution in [0.2, 0.25) is 0 Å². The van der Waals surface area contributed by atoms with Crippen LogP contribution in [0.5, 0.6) is 0 Å². The normalized spacial score (nSPS) is 12.1. The van der Waals surface area contributed by atoms with E-state index in [4.69, 9.17) is 4.74 Å². The molecule has 0 aromatic heterocycles. The van der Waals surface area contributed by atoms with Crippen molar-refractivity contribution in [2.45, 2.75) is 90.9 Å². The van der Waals surface area contributed by atoms with Crippen LogP contribution < -0.4 is 0 Å². The Morgan fingerprint density at radius 3 is 1.48 bits per heavy atom. The van der Waals surface area contributed by atoms with Crippen molar-refractivity contribution in [2.24, 2.45) is 0 Å². The lowest BCUT2D eigenvalue weighted by Crippen LogP contribution is -2.50. The first-order chi connectivity index (χ1) is 14.9. The monoisotopic (exact) mass is 455 g/mol. The number of unbranched alkanes of at least 4 members (excludes halogenated alkanes) is 4. The lowest BCUT2D eigenvalue weighted by Gasteiger charge is -2.39. The van der Waals surface area contributed by atoms with Crippen LogP contribution in [-0.4, -0.2) is 52.0 Å². The SMILES string of the molecule is CCCC[N+](CCCC)(CCCC)CCCC.CCOC(=O)c1ccc(S(=O)[O-])cc1. The summed E-state index contributed by atoms with van der Waals surface area (Å²) in [4.78, 5) is 11.3. The van der Waals surface area contributed by atoms with Crippen LogP contribution in [0.1, 0.15) is 96.3 Å². The van der Waals surface area contributed by atoms with Gasteiger partial charge in [-0.2, -0.15) is 0 Å². The van der Waals surface area contributed by atoms with Crippen molar-refractivity contribution >= 4 is 17.0 Å². The van der Waals surface area contributed by atoms with Gasteiger partial charge >= 0.3 is 5.97 Å². The van der Waals surface area contributed by atoms with Crippen molar-refractivity contribution in [1.82, 2.24) is 0 Å². The third-order valence-electron chi connectivity index (χ3n) is 5.50. The molecule has 0 heterocycles. The van der Waals surface area contributed by atoms with E-state index in [1.54, 1.807) is 6.92 Å². The van der Waals surface area contributed by atoms with Crippen LogP contribution in [0.3, 0.4) is 0 Å². The van der Waals surface area contributed by atoms with Gasteiger partial charge in [-0.25, -0.2) is 4.79 Å². The number of nitrogens with zero attached hydrogens (tertiary/aromatic N) is 1. The summed E-state index contributed by atoms with van der Waals surface area (Å²) < 4.78 is 27.1. The highest BCUT2D eigenvalue weighted by Gasteiger charge is 2.24. The summed E-state index contributed by atoms with van der Waals surface area (Å²) in [6.07, 6.45) is 11.1. The Kier molecular flexibility index (Phi) is 17.6. The minimum absolute atomic E-state index is 0.151. The molecule has 5 nitrogen and oxygen atoms in total.